The van der Waals surface area contributed by atoms with E-state index in [2.05, 4.69) is 4.98 Å². The summed E-state index contributed by atoms with van der Waals surface area (Å²) in [4.78, 5) is 4.04. The second-order valence-electron chi connectivity index (χ2n) is 3.17. The Hall–Kier alpha value is -1.60. The molecule has 0 spiro atoms. The molecule has 0 N–H and O–H groups in total. The first-order valence-electron chi connectivity index (χ1n) is 4.68. The zero-order chi connectivity index (χ0) is 10.5. The maximum atomic E-state index is 5.88. The minimum absolute atomic E-state index is 0.753. The third kappa shape index (κ3) is 2.93. The van der Waals surface area contributed by atoms with Crippen LogP contribution in [0.25, 0.3) is 12.2 Å². The van der Waals surface area contributed by atoms with Gasteiger partial charge in [0.2, 0.25) is 0 Å². The second kappa shape index (κ2) is 4.76. The normalized spacial score (nSPS) is 10.7. The van der Waals surface area contributed by atoms with Gasteiger partial charge in [0.25, 0.3) is 0 Å². The fraction of sp³-hybridized carbons (Fsp3) is 0. The van der Waals surface area contributed by atoms with Gasteiger partial charge in [0.15, 0.2) is 0 Å². The molecule has 0 aliphatic carbocycles. The zero-order valence-electron chi connectivity index (χ0n) is 8.10. The van der Waals surface area contributed by atoms with Crippen molar-refractivity contribution in [3.05, 3.63) is 64.9 Å². The Morgan fingerprint density at radius 1 is 1.00 bits per heavy atom. The Bertz CT molecular complexity index is 463. The molecule has 74 valence electrons. The van der Waals surface area contributed by atoms with Gasteiger partial charge in [0.05, 0.1) is 0 Å². The lowest BCUT2D eigenvalue weighted by molar-refractivity contribution is 1.32. The van der Waals surface area contributed by atoms with Crippen molar-refractivity contribution in [3.8, 4) is 0 Å². The van der Waals surface area contributed by atoms with E-state index in [4.69, 9.17) is 11.6 Å². The Morgan fingerprint density at radius 3 is 2.53 bits per heavy atom. The Balaban J connectivity index is 2.19. The van der Waals surface area contributed by atoms with Crippen molar-refractivity contribution < 1.29 is 0 Å². The maximum absolute atomic E-state index is 5.88. The molecule has 1 nitrogen and oxygen atoms in total. The smallest absolute Gasteiger partial charge is 0.0411 e. The van der Waals surface area contributed by atoms with Crippen molar-refractivity contribution in [2.45, 2.75) is 0 Å². The van der Waals surface area contributed by atoms with Crippen LogP contribution in [-0.2, 0) is 0 Å². The fourth-order valence-electron chi connectivity index (χ4n) is 1.28. The lowest BCUT2D eigenvalue weighted by Gasteiger charge is -1.94. The number of aromatic nitrogens is 1. The van der Waals surface area contributed by atoms with Crippen molar-refractivity contribution in [1.82, 2.24) is 4.98 Å². The molecular weight excluding hydrogens is 206 g/mol. The van der Waals surface area contributed by atoms with E-state index < -0.39 is 0 Å². The quantitative estimate of drug-likeness (QED) is 0.740. The molecule has 0 fully saturated rings. The first kappa shape index (κ1) is 9.94. The van der Waals surface area contributed by atoms with E-state index in [9.17, 15) is 0 Å². The first-order valence-corrected chi connectivity index (χ1v) is 5.06. The molecule has 1 aromatic carbocycles. The summed E-state index contributed by atoms with van der Waals surface area (Å²) in [5.74, 6) is 0. The van der Waals surface area contributed by atoms with Crippen LogP contribution in [-0.4, -0.2) is 4.98 Å². The number of rotatable bonds is 2. The molecule has 0 saturated carbocycles. The van der Waals surface area contributed by atoms with Crippen LogP contribution < -0.4 is 0 Å². The molecule has 0 amide bonds. The van der Waals surface area contributed by atoms with E-state index in [0.717, 1.165) is 16.1 Å². The van der Waals surface area contributed by atoms with Crippen molar-refractivity contribution >= 4 is 23.8 Å². The monoisotopic (exact) mass is 215 g/mol. The highest BCUT2D eigenvalue weighted by Gasteiger charge is 1.89. The molecule has 2 aromatic rings. The molecule has 0 aliphatic heterocycles. The van der Waals surface area contributed by atoms with Gasteiger partial charge in [-0.05, 0) is 29.3 Å². The van der Waals surface area contributed by atoms with Gasteiger partial charge in [-0.2, -0.15) is 0 Å². The number of nitrogens with zero attached hydrogens (tertiary/aromatic N) is 1. The standard InChI is InChI=1S/C13H10ClN/c14-13-5-1-3-11(9-13)6-7-12-4-2-8-15-10-12/h1-10H. The highest BCUT2D eigenvalue weighted by atomic mass is 35.5. The summed E-state index contributed by atoms with van der Waals surface area (Å²) in [5, 5.41) is 0.753. The molecule has 0 aliphatic rings. The summed E-state index contributed by atoms with van der Waals surface area (Å²) >= 11 is 5.88. The van der Waals surface area contributed by atoms with Crippen LogP contribution in [0.1, 0.15) is 11.1 Å². The molecule has 0 radical (unpaired) electrons. The molecule has 15 heavy (non-hydrogen) atoms. The lowest BCUT2D eigenvalue weighted by Crippen LogP contribution is -1.74. The van der Waals surface area contributed by atoms with E-state index in [1.54, 1.807) is 6.20 Å². The van der Waals surface area contributed by atoms with Gasteiger partial charge in [-0.1, -0.05) is 42.0 Å². The van der Waals surface area contributed by atoms with Crippen LogP contribution in [0.5, 0.6) is 0 Å². The van der Waals surface area contributed by atoms with Gasteiger partial charge in [-0.3, -0.25) is 4.98 Å². The van der Waals surface area contributed by atoms with Crippen LogP contribution in [0.3, 0.4) is 0 Å². The zero-order valence-corrected chi connectivity index (χ0v) is 8.85. The third-order valence-electron chi connectivity index (χ3n) is 2.00. The van der Waals surface area contributed by atoms with E-state index in [0.29, 0.717) is 0 Å². The van der Waals surface area contributed by atoms with Crippen molar-refractivity contribution in [2.75, 3.05) is 0 Å². The fourth-order valence-corrected chi connectivity index (χ4v) is 1.48. The minimum Gasteiger partial charge on any atom is -0.264 e. The summed E-state index contributed by atoms with van der Waals surface area (Å²) in [6, 6.07) is 11.7. The molecule has 1 aromatic heterocycles. The van der Waals surface area contributed by atoms with Crippen LogP contribution in [0.4, 0.5) is 0 Å². The van der Waals surface area contributed by atoms with E-state index >= 15 is 0 Å². The van der Waals surface area contributed by atoms with Gasteiger partial charge >= 0.3 is 0 Å². The summed E-state index contributed by atoms with van der Waals surface area (Å²) in [6.45, 7) is 0. The first-order chi connectivity index (χ1) is 7.34. The molecular formula is C13H10ClN. The number of pyridine rings is 1. The minimum atomic E-state index is 0.753. The predicted octanol–water partition coefficient (Wildman–Crippen LogP) is 3.91. The molecule has 1 heterocycles. The number of benzene rings is 1. The summed E-state index contributed by atoms with van der Waals surface area (Å²) in [6.07, 6.45) is 7.61. The van der Waals surface area contributed by atoms with Crippen molar-refractivity contribution in [1.29, 1.82) is 0 Å². The van der Waals surface area contributed by atoms with E-state index in [1.807, 2.05) is 54.7 Å². The molecule has 0 unspecified atom stereocenters. The molecule has 2 heteroatoms. The Kier molecular flexibility index (Phi) is 3.15. The molecule has 0 bridgehead atoms. The van der Waals surface area contributed by atoms with Gasteiger partial charge in [0.1, 0.15) is 0 Å². The Morgan fingerprint density at radius 2 is 1.80 bits per heavy atom. The number of hydrogen-bond acceptors (Lipinski definition) is 1. The number of halogens is 1. The van der Waals surface area contributed by atoms with Gasteiger partial charge in [-0.15, -0.1) is 0 Å². The van der Waals surface area contributed by atoms with Gasteiger partial charge in [-0.25, -0.2) is 0 Å². The van der Waals surface area contributed by atoms with Crippen LogP contribution >= 0.6 is 11.6 Å². The lowest BCUT2D eigenvalue weighted by atomic mass is 10.2. The van der Waals surface area contributed by atoms with Crippen molar-refractivity contribution in [2.24, 2.45) is 0 Å². The van der Waals surface area contributed by atoms with Crippen LogP contribution in [0, 0.1) is 0 Å². The van der Waals surface area contributed by atoms with Gasteiger partial charge in [0, 0.05) is 17.4 Å². The largest absolute Gasteiger partial charge is 0.264 e. The predicted molar refractivity (Wildman–Crippen MR) is 64.6 cm³/mol. The van der Waals surface area contributed by atoms with E-state index in [-0.39, 0.29) is 0 Å². The average Bonchev–Trinajstić information content (AvgIpc) is 2.28. The van der Waals surface area contributed by atoms with Crippen LogP contribution in [0.2, 0.25) is 5.02 Å². The topological polar surface area (TPSA) is 12.9 Å². The summed E-state index contributed by atoms with van der Waals surface area (Å²) in [5.41, 5.74) is 2.17. The molecule has 0 atom stereocenters. The summed E-state index contributed by atoms with van der Waals surface area (Å²) < 4.78 is 0. The third-order valence-corrected chi connectivity index (χ3v) is 2.24. The highest BCUT2D eigenvalue weighted by molar-refractivity contribution is 6.30. The number of hydrogen-bond donors (Lipinski definition) is 0. The molecule has 0 saturated heterocycles. The maximum Gasteiger partial charge on any atom is 0.0411 e. The SMILES string of the molecule is Clc1cccc(C=Cc2cccnc2)c1. The van der Waals surface area contributed by atoms with Crippen molar-refractivity contribution in [3.63, 3.8) is 0 Å². The second-order valence-corrected chi connectivity index (χ2v) is 3.61. The average molecular weight is 216 g/mol. The van der Waals surface area contributed by atoms with Gasteiger partial charge < -0.3 is 0 Å². The summed E-state index contributed by atoms with van der Waals surface area (Å²) in [7, 11) is 0. The Labute approximate surface area is 94.1 Å². The highest BCUT2D eigenvalue weighted by Crippen LogP contribution is 2.13. The molecule has 2 rings (SSSR count). The van der Waals surface area contributed by atoms with Crippen LogP contribution in [0.15, 0.2) is 48.8 Å². The van der Waals surface area contributed by atoms with E-state index in [1.165, 1.54) is 0 Å².